The first kappa shape index (κ1) is 24.9. The number of nitrogens with zero attached hydrogens (tertiary/aromatic N) is 2. The number of para-hydroxylation sites is 1. The summed E-state index contributed by atoms with van der Waals surface area (Å²) >= 11 is 0. The largest absolute Gasteiger partial charge is 0.349 e. The normalized spacial score (nSPS) is 20.9. The van der Waals surface area contributed by atoms with Crippen LogP contribution < -0.4 is 4.90 Å². The average Bonchev–Trinajstić information content (AvgIpc) is 3.41. The number of sulfonamides is 1. The van der Waals surface area contributed by atoms with Crippen LogP contribution in [0, 0.1) is 20.8 Å². The molecule has 1 saturated heterocycles. The molecule has 38 heavy (non-hydrogen) atoms. The van der Waals surface area contributed by atoms with Crippen LogP contribution in [0.3, 0.4) is 0 Å². The third-order valence-corrected chi connectivity index (χ3v) is 10.5. The van der Waals surface area contributed by atoms with Crippen LogP contribution in [0.5, 0.6) is 0 Å². The van der Waals surface area contributed by atoms with Gasteiger partial charge in [-0.15, -0.1) is 0 Å². The van der Waals surface area contributed by atoms with Crippen molar-refractivity contribution < 1.29 is 8.42 Å². The van der Waals surface area contributed by atoms with Gasteiger partial charge in [-0.1, -0.05) is 84.4 Å². The van der Waals surface area contributed by atoms with Crippen LogP contribution in [0.2, 0.25) is 0 Å². The summed E-state index contributed by atoms with van der Waals surface area (Å²) in [5, 5.41) is 0. The van der Waals surface area contributed by atoms with Gasteiger partial charge in [0.25, 0.3) is 0 Å². The number of anilines is 1. The third-order valence-electron chi connectivity index (χ3n) is 8.59. The smallest absolute Gasteiger partial charge is 0.244 e. The lowest BCUT2D eigenvalue weighted by molar-refractivity contribution is 0.300. The molecule has 0 aromatic heterocycles. The molecular formula is C33H34N2O2S. The van der Waals surface area contributed by atoms with Crippen LogP contribution >= 0.6 is 0 Å². The van der Waals surface area contributed by atoms with Gasteiger partial charge < -0.3 is 4.90 Å². The Hall–Kier alpha value is -3.41. The van der Waals surface area contributed by atoms with Gasteiger partial charge in [0.15, 0.2) is 0 Å². The van der Waals surface area contributed by atoms with Crippen molar-refractivity contribution >= 4 is 15.7 Å². The van der Waals surface area contributed by atoms with Crippen LogP contribution in [0.4, 0.5) is 5.69 Å². The molecule has 4 nitrogen and oxygen atoms in total. The lowest BCUT2D eigenvalue weighted by Crippen LogP contribution is -2.52. The summed E-state index contributed by atoms with van der Waals surface area (Å²) in [6.45, 7) is 7.42. The topological polar surface area (TPSA) is 40.6 Å². The molecule has 0 N–H and O–H groups in total. The molecule has 2 atom stereocenters. The molecule has 0 saturated carbocycles. The van der Waals surface area contributed by atoms with Crippen molar-refractivity contribution in [1.82, 2.24) is 4.31 Å². The van der Waals surface area contributed by atoms with Crippen LogP contribution in [-0.4, -0.2) is 25.4 Å². The number of benzene rings is 4. The van der Waals surface area contributed by atoms with Crippen LogP contribution in [0.25, 0.3) is 0 Å². The molecule has 0 amide bonds. The highest BCUT2D eigenvalue weighted by atomic mass is 32.2. The van der Waals surface area contributed by atoms with E-state index in [9.17, 15) is 8.42 Å². The summed E-state index contributed by atoms with van der Waals surface area (Å²) in [5.41, 5.74) is 8.05. The molecule has 2 aliphatic heterocycles. The maximum atomic E-state index is 14.3. The fourth-order valence-electron chi connectivity index (χ4n) is 6.50. The van der Waals surface area contributed by atoms with E-state index in [0.29, 0.717) is 18.0 Å². The molecule has 1 fully saturated rings. The van der Waals surface area contributed by atoms with E-state index in [0.717, 1.165) is 24.1 Å². The summed E-state index contributed by atoms with van der Waals surface area (Å²) in [4.78, 5) is 2.72. The minimum atomic E-state index is -3.71. The Morgan fingerprint density at radius 2 is 1.37 bits per heavy atom. The fraction of sp³-hybridized carbons (Fsp3) is 0.273. The second kappa shape index (κ2) is 9.40. The Morgan fingerprint density at radius 1 is 0.763 bits per heavy atom. The Balaban J connectivity index is 1.53. The zero-order valence-corrected chi connectivity index (χ0v) is 23.1. The summed E-state index contributed by atoms with van der Waals surface area (Å²) < 4.78 is 30.3. The zero-order chi connectivity index (χ0) is 26.5. The molecule has 2 unspecified atom stereocenters. The van der Waals surface area contributed by atoms with Crippen LogP contribution in [0.15, 0.2) is 102 Å². The number of aryl methyl sites for hydroxylation is 3. The summed E-state index contributed by atoms with van der Waals surface area (Å²) in [6.07, 6.45) is 1.26. The molecule has 2 aliphatic rings. The Bertz CT molecular complexity index is 1600. The minimum Gasteiger partial charge on any atom is -0.349 e. The zero-order valence-electron chi connectivity index (χ0n) is 22.3. The van der Waals surface area contributed by atoms with Gasteiger partial charge in [-0.05, 0) is 79.6 Å². The maximum Gasteiger partial charge on any atom is 0.244 e. The van der Waals surface area contributed by atoms with Crippen molar-refractivity contribution in [2.24, 2.45) is 0 Å². The number of rotatable bonds is 6. The van der Waals surface area contributed by atoms with Crippen molar-refractivity contribution in [2.75, 3.05) is 11.4 Å². The van der Waals surface area contributed by atoms with E-state index in [1.807, 2.05) is 19.1 Å². The molecule has 0 aliphatic carbocycles. The van der Waals surface area contributed by atoms with Crippen molar-refractivity contribution in [3.05, 3.63) is 130 Å². The molecule has 6 rings (SSSR count). The molecule has 194 valence electrons. The second-order valence-electron chi connectivity index (χ2n) is 10.9. The van der Waals surface area contributed by atoms with E-state index in [2.05, 4.69) is 91.5 Å². The number of hydrogen-bond donors (Lipinski definition) is 0. The van der Waals surface area contributed by atoms with Gasteiger partial charge >= 0.3 is 0 Å². The summed E-state index contributed by atoms with van der Waals surface area (Å²) in [6, 6.07) is 32.8. The van der Waals surface area contributed by atoms with Gasteiger partial charge in [-0.25, -0.2) is 8.42 Å². The standard InChI is InChI=1S/C33H34N2O2S/c1-24-16-18-29(19-17-24)38(36,37)35-21-20-33(22-27-12-6-4-10-25(27)2)30-14-8-9-15-31(30)34(32(33)35)23-28-13-7-5-11-26(28)3/h4-19,32H,20-23H2,1-3H3. The van der Waals surface area contributed by atoms with Crippen LogP contribution in [0.1, 0.15) is 39.8 Å². The first-order valence-corrected chi connectivity index (χ1v) is 14.8. The molecule has 5 heteroatoms. The van der Waals surface area contributed by atoms with E-state index in [1.54, 1.807) is 16.4 Å². The highest BCUT2D eigenvalue weighted by Gasteiger charge is 2.60. The van der Waals surface area contributed by atoms with Gasteiger partial charge in [0.05, 0.1) is 4.90 Å². The summed E-state index contributed by atoms with van der Waals surface area (Å²) in [5.74, 6) is 0. The monoisotopic (exact) mass is 522 g/mol. The molecule has 4 aromatic carbocycles. The van der Waals surface area contributed by atoms with Gasteiger partial charge in [0.1, 0.15) is 6.17 Å². The molecule has 2 heterocycles. The van der Waals surface area contributed by atoms with Gasteiger partial charge in [0.2, 0.25) is 10.0 Å². The Labute approximate surface area is 226 Å². The molecular weight excluding hydrogens is 488 g/mol. The lowest BCUT2D eigenvalue weighted by Gasteiger charge is -2.38. The molecule has 0 bridgehead atoms. The molecule has 4 aromatic rings. The van der Waals surface area contributed by atoms with Gasteiger partial charge in [0, 0.05) is 24.2 Å². The molecule has 0 radical (unpaired) electrons. The van der Waals surface area contributed by atoms with Gasteiger partial charge in [-0.2, -0.15) is 4.31 Å². The van der Waals surface area contributed by atoms with Crippen molar-refractivity contribution in [3.63, 3.8) is 0 Å². The predicted molar refractivity (Wildman–Crippen MR) is 154 cm³/mol. The number of hydrogen-bond acceptors (Lipinski definition) is 3. The SMILES string of the molecule is Cc1ccc(S(=O)(=O)N2CCC3(Cc4ccccc4C)c4ccccc4N(Cc4ccccc4C)C23)cc1. The van der Waals surface area contributed by atoms with Crippen LogP contribution in [-0.2, 0) is 28.4 Å². The van der Waals surface area contributed by atoms with Gasteiger partial charge in [-0.3, -0.25) is 0 Å². The Kier molecular flexibility index (Phi) is 6.16. The summed E-state index contributed by atoms with van der Waals surface area (Å²) in [7, 11) is -3.71. The van der Waals surface area contributed by atoms with E-state index < -0.39 is 10.0 Å². The minimum absolute atomic E-state index is 0.314. The average molecular weight is 523 g/mol. The Morgan fingerprint density at radius 3 is 2.05 bits per heavy atom. The first-order valence-electron chi connectivity index (χ1n) is 13.3. The second-order valence-corrected chi connectivity index (χ2v) is 12.8. The van der Waals surface area contributed by atoms with Crippen molar-refractivity contribution in [1.29, 1.82) is 0 Å². The van der Waals surface area contributed by atoms with E-state index >= 15 is 0 Å². The molecule has 0 spiro atoms. The third kappa shape index (κ3) is 3.96. The van der Waals surface area contributed by atoms with E-state index in [1.165, 1.54) is 27.8 Å². The quantitative estimate of drug-likeness (QED) is 0.289. The predicted octanol–water partition coefficient (Wildman–Crippen LogP) is 6.53. The number of fused-ring (bicyclic) bond motifs is 3. The van der Waals surface area contributed by atoms with Crippen molar-refractivity contribution in [3.8, 4) is 0 Å². The first-order chi connectivity index (χ1) is 18.3. The highest BCUT2D eigenvalue weighted by Crippen LogP contribution is 2.55. The maximum absolute atomic E-state index is 14.3. The highest BCUT2D eigenvalue weighted by molar-refractivity contribution is 7.89. The fourth-order valence-corrected chi connectivity index (χ4v) is 8.17. The lowest BCUT2D eigenvalue weighted by atomic mass is 9.74. The van der Waals surface area contributed by atoms with E-state index in [-0.39, 0.29) is 11.6 Å². The van der Waals surface area contributed by atoms with E-state index in [4.69, 9.17) is 0 Å². The van der Waals surface area contributed by atoms with Crippen molar-refractivity contribution in [2.45, 2.75) is 56.6 Å².